The number of nitrogens with one attached hydrogen (secondary N) is 1. The number of ether oxygens (including phenoxy) is 1. The number of imidazole rings is 1. The molecule has 7 rings (SSSR count). The number of fused-ring (bicyclic) bond motifs is 2. The van der Waals surface area contributed by atoms with Gasteiger partial charge in [0.15, 0.2) is 0 Å². The molecular weight excluding hydrogens is 555 g/mol. The highest BCUT2D eigenvalue weighted by Gasteiger charge is 2.50. The number of pyridine rings is 1. The topological polar surface area (TPSA) is 79.2 Å². The predicted octanol–water partition coefficient (Wildman–Crippen LogP) is 4.84. The number of aromatic nitrogens is 2. The molecule has 3 aliphatic rings. The summed E-state index contributed by atoms with van der Waals surface area (Å²) in [6.45, 7) is 3.13. The maximum absolute atomic E-state index is 13.8. The molecule has 0 aliphatic carbocycles. The monoisotopic (exact) mass is 581 g/mol. The van der Waals surface area contributed by atoms with Crippen molar-refractivity contribution in [2.24, 2.45) is 0 Å². The molecule has 2 saturated heterocycles. The Balaban J connectivity index is 1.09. The minimum absolute atomic E-state index is 0.0617. The second-order valence-electron chi connectivity index (χ2n) is 10.9. The fourth-order valence-electron chi connectivity index (χ4n) is 5.88. The zero-order valence-electron chi connectivity index (χ0n) is 21.9. The maximum Gasteiger partial charge on any atom is 0.416 e. The summed E-state index contributed by atoms with van der Waals surface area (Å²) in [6, 6.07) is 9.27. The summed E-state index contributed by atoms with van der Waals surface area (Å²) in [5.41, 5.74) is 2.16. The van der Waals surface area contributed by atoms with Crippen LogP contribution < -0.4 is 5.32 Å². The van der Waals surface area contributed by atoms with Crippen molar-refractivity contribution in [3.8, 4) is 0 Å². The molecule has 3 aliphatic heterocycles. The molecule has 4 aromatic rings. The fourth-order valence-corrected chi connectivity index (χ4v) is 6.97. The van der Waals surface area contributed by atoms with Gasteiger partial charge in [-0.2, -0.15) is 13.2 Å². The highest BCUT2D eigenvalue weighted by atomic mass is 32.1. The maximum atomic E-state index is 13.8. The van der Waals surface area contributed by atoms with Crippen molar-refractivity contribution < 1.29 is 27.5 Å². The number of nitrogens with zero attached hydrogens (tertiary/aromatic N) is 4. The van der Waals surface area contributed by atoms with E-state index in [1.54, 1.807) is 33.1 Å². The third kappa shape index (κ3) is 4.59. The third-order valence-corrected chi connectivity index (χ3v) is 9.34. The van der Waals surface area contributed by atoms with Gasteiger partial charge in [-0.25, -0.2) is 4.98 Å². The van der Waals surface area contributed by atoms with Gasteiger partial charge in [0.05, 0.1) is 42.6 Å². The Labute approximate surface area is 237 Å². The minimum atomic E-state index is -4.54. The summed E-state index contributed by atoms with van der Waals surface area (Å²) < 4.78 is 48.4. The first-order valence-electron chi connectivity index (χ1n) is 13.4. The summed E-state index contributed by atoms with van der Waals surface area (Å²) in [7, 11) is 0. The lowest BCUT2D eigenvalue weighted by molar-refractivity contribution is -0.195. The molecule has 2 fully saturated rings. The average molecular weight is 582 g/mol. The van der Waals surface area contributed by atoms with E-state index in [9.17, 15) is 22.8 Å². The van der Waals surface area contributed by atoms with Gasteiger partial charge in [-0.15, -0.1) is 11.3 Å². The van der Waals surface area contributed by atoms with Gasteiger partial charge in [-0.1, -0.05) is 6.07 Å². The van der Waals surface area contributed by atoms with Gasteiger partial charge in [0, 0.05) is 41.8 Å². The normalized spacial score (nSPS) is 18.2. The molecule has 6 heterocycles. The van der Waals surface area contributed by atoms with Crippen LogP contribution in [0.4, 0.5) is 18.9 Å². The van der Waals surface area contributed by atoms with Gasteiger partial charge in [0.25, 0.3) is 11.8 Å². The van der Waals surface area contributed by atoms with Crippen molar-refractivity contribution >= 4 is 34.5 Å². The summed E-state index contributed by atoms with van der Waals surface area (Å²) >= 11 is 1.38. The molecule has 1 spiro atoms. The van der Waals surface area contributed by atoms with Gasteiger partial charge in [-0.3, -0.25) is 18.9 Å². The van der Waals surface area contributed by atoms with Crippen LogP contribution in [0.1, 0.15) is 48.8 Å². The van der Waals surface area contributed by atoms with Crippen molar-refractivity contribution in [1.82, 2.24) is 19.2 Å². The average Bonchev–Trinajstić information content (AvgIpc) is 3.53. The number of hydrogen-bond acceptors (Lipinski definition) is 6. The Morgan fingerprint density at radius 2 is 2.00 bits per heavy atom. The second-order valence-corrected chi connectivity index (χ2v) is 11.8. The highest BCUT2D eigenvalue weighted by Crippen LogP contribution is 2.40. The molecule has 8 nitrogen and oxygen atoms in total. The van der Waals surface area contributed by atoms with Gasteiger partial charge in [-0.05, 0) is 54.3 Å². The van der Waals surface area contributed by atoms with Crippen LogP contribution in [0.5, 0.6) is 0 Å². The molecule has 0 unspecified atom stereocenters. The molecule has 0 atom stereocenters. The quantitative estimate of drug-likeness (QED) is 0.365. The van der Waals surface area contributed by atoms with Crippen LogP contribution in [0, 0.1) is 0 Å². The lowest BCUT2D eigenvalue weighted by Gasteiger charge is -2.57. The highest BCUT2D eigenvalue weighted by molar-refractivity contribution is 7.10. The van der Waals surface area contributed by atoms with Crippen LogP contribution >= 0.6 is 11.3 Å². The van der Waals surface area contributed by atoms with Gasteiger partial charge in [0.2, 0.25) is 0 Å². The van der Waals surface area contributed by atoms with Crippen molar-refractivity contribution in [3.05, 3.63) is 87.0 Å². The van der Waals surface area contributed by atoms with E-state index in [-0.39, 0.29) is 17.1 Å². The largest absolute Gasteiger partial charge is 0.416 e. The Morgan fingerprint density at radius 1 is 1.15 bits per heavy atom. The molecule has 3 aromatic heterocycles. The number of carbonyl (C=O) groups is 2. The number of hydrogen-bond donors (Lipinski definition) is 1. The molecule has 1 N–H and O–H groups in total. The predicted molar refractivity (Wildman–Crippen MR) is 146 cm³/mol. The number of thiophene rings is 1. The van der Waals surface area contributed by atoms with Crippen LogP contribution in [0.2, 0.25) is 0 Å². The van der Waals surface area contributed by atoms with E-state index in [1.165, 1.54) is 11.3 Å². The number of amides is 2. The van der Waals surface area contributed by atoms with Gasteiger partial charge < -0.3 is 15.0 Å². The number of anilines is 1. The summed E-state index contributed by atoms with van der Waals surface area (Å²) in [6.07, 6.45) is 0.255. The molecule has 2 amide bonds. The number of halogens is 3. The van der Waals surface area contributed by atoms with E-state index >= 15 is 0 Å². The fraction of sp³-hybridized carbons (Fsp3) is 0.345. The summed E-state index contributed by atoms with van der Waals surface area (Å²) in [5, 5.41) is 4.43. The van der Waals surface area contributed by atoms with Crippen molar-refractivity contribution in [3.63, 3.8) is 0 Å². The van der Waals surface area contributed by atoms with Gasteiger partial charge in [0.1, 0.15) is 11.3 Å². The Bertz CT molecular complexity index is 1670. The zero-order chi connectivity index (χ0) is 28.4. The van der Waals surface area contributed by atoms with Crippen molar-refractivity contribution in [2.75, 3.05) is 31.6 Å². The standard InChI is InChI=1S/C29H26F3N5O3S/c30-29(31,32)19-9-18(13-36-8-5-28(36)16-40-17-28)10-20(11-19)34-26(38)22-15-41-24-14-35(7-4-21(22)24)27(39)23-12-33-25-3-1-2-6-37(23)25/h1-3,6,9-12,15H,4-5,7-8,13-14,16-17H2,(H,34,38). The van der Waals surface area contributed by atoms with E-state index < -0.39 is 17.6 Å². The smallest absolute Gasteiger partial charge is 0.377 e. The number of rotatable bonds is 5. The number of carbonyl (C=O) groups excluding carboxylic acids is 2. The van der Waals surface area contributed by atoms with E-state index in [1.807, 2.05) is 18.2 Å². The van der Waals surface area contributed by atoms with Crippen molar-refractivity contribution in [1.29, 1.82) is 0 Å². The third-order valence-electron chi connectivity index (χ3n) is 8.33. The lowest BCUT2D eigenvalue weighted by Crippen LogP contribution is -2.70. The first-order valence-corrected chi connectivity index (χ1v) is 14.2. The first-order chi connectivity index (χ1) is 19.7. The van der Waals surface area contributed by atoms with E-state index in [2.05, 4.69) is 15.2 Å². The number of likely N-dealkylation sites (tertiary alicyclic amines) is 1. The van der Waals surface area contributed by atoms with Crippen LogP contribution in [0.15, 0.2) is 54.2 Å². The van der Waals surface area contributed by atoms with Crippen LogP contribution in [0.25, 0.3) is 5.65 Å². The van der Waals surface area contributed by atoms with E-state index in [0.29, 0.717) is 61.7 Å². The molecule has 41 heavy (non-hydrogen) atoms. The van der Waals surface area contributed by atoms with Gasteiger partial charge >= 0.3 is 6.18 Å². The molecule has 1 aromatic carbocycles. The van der Waals surface area contributed by atoms with Crippen LogP contribution in [-0.2, 0) is 30.4 Å². The SMILES string of the molecule is O=C(Nc1cc(CN2CCC23COC3)cc(C(F)(F)F)c1)c1csc2c1CCN(C(=O)c1cnc3ccccn13)C2. The zero-order valence-corrected chi connectivity index (χ0v) is 22.7. The Morgan fingerprint density at radius 3 is 2.73 bits per heavy atom. The molecule has 0 radical (unpaired) electrons. The Kier molecular flexibility index (Phi) is 6.18. The molecular formula is C29H26F3N5O3S. The van der Waals surface area contributed by atoms with Crippen LogP contribution in [-0.4, -0.2) is 62.8 Å². The molecule has 0 saturated carbocycles. The van der Waals surface area contributed by atoms with Crippen molar-refractivity contribution in [2.45, 2.75) is 37.6 Å². The second kappa shape index (κ2) is 9.68. The minimum Gasteiger partial charge on any atom is -0.377 e. The summed E-state index contributed by atoms with van der Waals surface area (Å²) in [4.78, 5) is 35.6. The molecule has 0 bridgehead atoms. The van der Waals surface area contributed by atoms with E-state index in [4.69, 9.17) is 4.74 Å². The number of benzene rings is 1. The lowest BCUT2D eigenvalue weighted by atomic mass is 9.82. The molecule has 12 heteroatoms. The summed E-state index contributed by atoms with van der Waals surface area (Å²) in [5.74, 6) is -0.607. The van der Waals surface area contributed by atoms with E-state index in [0.717, 1.165) is 35.5 Å². The van der Waals surface area contributed by atoms with Crippen LogP contribution in [0.3, 0.4) is 0 Å². The number of alkyl halides is 3. The Hall–Kier alpha value is -3.74. The molecule has 212 valence electrons. The first kappa shape index (κ1) is 26.2.